The molecule has 3 aromatic rings. The summed E-state index contributed by atoms with van der Waals surface area (Å²) in [5.41, 5.74) is 3.72. The fraction of sp³-hybridized carbons (Fsp3) is 0.238. The Balaban J connectivity index is 1.72. The van der Waals surface area contributed by atoms with Crippen LogP contribution in [0.2, 0.25) is 0 Å². The van der Waals surface area contributed by atoms with Gasteiger partial charge in [-0.2, -0.15) is 5.26 Å². The normalized spacial score (nSPS) is 10.6. The number of aromatic nitrogens is 2. The number of benzene rings is 2. The summed E-state index contributed by atoms with van der Waals surface area (Å²) in [6.45, 7) is 4.31. The first kappa shape index (κ1) is 21.1. The SMILES string of the molecule is Cc1cc(C)cc(N(CCC#N)C(=O)CSc2nnc(-c3ccccc3Br)o2)c1. The van der Waals surface area contributed by atoms with E-state index in [0.717, 1.165) is 26.9 Å². The summed E-state index contributed by atoms with van der Waals surface area (Å²) in [5.74, 6) is 0.412. The summed E-state index contributed by atoms with van der Waals surface area (Å²) >= 11 is 4.65. The van der Waals surface area contributed by atoms with Gasteiger partial charge in [0.2, 0.25) is 11.8 Å². The summed E-state index contributed by atoms with van der Waals surface area (Å²) in [5, 5.41) is 17.4. The second-order valence-corrected chi connectivity index (χ2v) is 8.22. The van der Waals surface area contributed by atoms with Crippen molar-refractivity contribution in [1.29, 1.82) is 5.26 Å². The van der Waals surface area contributed by atoms with E-state index in [9.17, 15) is 4.79 Å². The molecule has 1 amide bonds. The molecule has 0 N–H and O–H groups in total. The maximum Gasteiger partial charge on any atom is 0.277 e. The zero-order valence-electron chi connectivity index (χ0n) is 16.1. The van der Waals surface area contributed by atoms with Gasteiger partial charge in [-0.25, -0.2) is 0 Å². The maximum atomic E-state index is 12.9. The summed E-state index contributed by atoms with van der Waals surface area (Å²) in [6, 6.07) is 15.6. The van der Waals surface area contributed by atoms with E-state index in [0.29, 0.717) is 17.7 Å². The highest BCUT2D eigenvalue weighted by Gasteiger charge is 2.19. The highest BCUT2D eigenvalue weighted by Crippen LogP contribution is 2.29. The van der Waals surface area contributed by atoms with E-state index in [2.05, 4.69) is 32.2 Å². The van der Waals surface area contributed by atoms with Crippen molar-refractivity contribution >= 4 is 39.3 Å². The van der Waals surface area contributed by atoms with Crippen LogP contribution in [0.5, 0.6) is 0 Å². The van der Waals surface area contributed by atoms with Crippen molar-refractivity contribution in [2.24, 2.45) is 0 Å². The van der Waals surface area contributed by atoms with Gasteiger partial charge in [0.25, 0.3) is 5.22 Å². The lowest BCUT2D eigenvalue weighted by molar-refractivity contribution is -0.116. The monoisotopic (exact) mass is 470 g/mol. The number of carbonyl (C=O) groups is 1. The van der Waals surface area contributed by atoms with Crippen LogP contribution in [-0.4, -0.2) is 28.4 Å². The fourth-order valence-corrected chi connectivity index (χ4v) is 3.97. The molecule has 0 aliphatic carbocycles. The Labute approximate surface area is 182 Å². The van der Waals surface area contributed by atoms with E-state index in [4.69, 9.17) is 9.68 Å². The van der Waals surface area contributed by atoms with Crippen molar-refractivity contribution in [3.05, 3.63) is 58.1 Å². The van der Waals surface area contributed by atoms with Crippen molar-refractivity contribution in [3.8, 4) is 17.5 Å². The molecule has 0 bridgehead atoms. The average molecular weight is 471 g/mol. The molecule has 0 aliphatic rings. The summed E-state index contributed by atoms with van der Waals surface area (Å²) in [7, 11) is 0. The minimum atomic E-state index is -0.115. The molecule has 8 heteroatoms. The predicted octanol–water partition coefficient (Wildman–Crippen LogP) is 5.15. The van der Waals surface area contributed by atoms with Gasteiger partial charge in [-0.05, 0) is 65.2 Å². The predicted molar refractivity (Wildman–Crippen MR) is 117 cm³/mol. The van der Waals surface area contributed by atoms with E-state index < -0.39 is 0 Å². The number of halogens is 1. The van der Waals surface area contributed by atoms with Crippen LogP contribution in [0.15, 0.2) is 56.6 Å². The molecule has 3 rings (SSSR count). The van der Waals surface area contributed by atoms with Crippen LogP contribution in [-0.2, 0) is 4.79 Å². The van der Waals surface area contributed by atoms with E-state index in [1.165, 1.54) is 11.8 Å². The Bertz CT molecular complexity index is 1040. The van der Waals surface area contributed by atoms with Crippen LogP contribution in [0, 0.1) is 25.2 Å². The molecule has 0 aliphatic heterocycles. The molecule has 0 unspecified atom stereocenters. The first-order chi connectivity index (χ1) is 14.0. The number of hydrogen-bond acceptors (Lipinski definition) is 6. The highest BCUT2D eigenvalue weighted by molar-refractivity contribution is 9.10. The lowest BCUT2D eigenvalue weighted by Gasteiger charge is -2.22. The second kappa shape index (κ2) is 9.72. The molecular formula is C21H19BrN4O2S. The van der Waals surface area contributed by atoms with Gasteiger partial charge >= 0.3 is 0 Å². The lowest BCUT2D eigenvalue weighted by Crippen LogP contribution is -2.33. The van der Waals surface area contributed by atoms with Gasteiger partial charge in [0.1, 0.15) is 0 Å². The zero-order chi connectivity index (χ0) is 20.8. The van der Waals surface area contributed by atoms with Gasteiger partial charge in [-0.15, -0.1) is 10.2 Å². The van der Waals surface area contributed by atoms with Crippen molar-refractivity contribution in [2.45, 2.75) is 25.5 Å². The number of nitriles is 1. The van der Waals surface area contributed by atoms with Crippen molar-refractivity contribution in [1.82, 2.24) is 10.2 Å². The average Bonchev–Trinajstić information content (AvgIpc) is 3.15. The van der Waals surface area contributed by atoms with Gasteiger partial charge < -0.3 is 9.32 Å². The van der Waals surface area contributed by atoms with Crippen LogP contribution in [0.1, 0.15) is 17.5 Å². The molecule has 0 saturated heterocycles. The molecular weight excluding hydrogens is 452 g/mol. The zero-order valence-corrected chi connectivity index (χ0v) is 18.5. The van der Waals surface area contributed by atoms with Gasteiger partial charge in [-0.3, -0.25) is 4.79 Å². The second-order valence-electron chi connectivity index (χ2n) is 6.44. The summed E-state index contributed by atoms with van der Waals surface area (Å²) in [4.78, 5) is 14.5. The number of rotatable bonds is 7. The minimum absolute atomic E-state index is 0.115. The van der Waals surface area contributed by atoms with E-state index in [1.807, 2.05) is 56.3 Å². The topological polar surface area (TPSA) is 83.0 Å². The van der Waals surface area contributed by atoms with Crippen LogP contribution in [0.3, 0.4) is 0 Å². The van der Waals surface area contributed by atoms with E-state index in [1.54, 1.807) is 4.90 Å². The highest BCUT2D eigenvalue weighted by atomic mass is 79.9. The van der Waals surface area contributed by atoms with Crippen LogP contribution in [0.4, 0.5) is 5.69 Å². The number of anilines is 1. The Morgan fingerprint density at radius 2 is 1.93 bits per heavy atom. The molecule has 0 radical (unpaired) electrons. The van der Waals surface area contributed by atoms with E-state index >= 15 is 0 Å². The van der Waals surface area contributed by atoms with Crippen molar-refractivity contribution in [2.75, 3.05) is 17.2 Å². The third-order valence-corrected chi connectivity index (χ3v) is 5.59. The molecule has 1 aromatic heterocycles. The minimum Gasteiger partial charge on any atom is -0.411 e. The molecule has 29 heavy (non-hydrogen) atoms. The molecule has 0 spiro atoms. The number of hydrogen-bond donors (Lipinski definition) is 0. The lowest BCUT2D eigenvalue weighted by atomic mass is 10.1. The maximum absolute atomic E-state index is 12.9. The number of amides is 1. The van der Waals surface area contributed by atoms with Gasteiger partial charge in [-0.1, -0.05) is 30.0 Å². The molecule has 2 aromatic carbocycles. The molecule has 1 heterocycles. The molecule has 0 saturated carbocycles. The van der Waals surface area contributed by atoms with Gasteiger partial charge in [0.15, 0.2) is 0 Å². The molecule has 6 nitrogen and oxygen atoms in total. The van der Waals surface area contributed by atoms with Gasteiger partial charge in [0, 0.05) is 16.7 Å². The smallest absolute Gasteiger partial charge is 0.277 e. The standard InChI is InChI=1S/C21H19BrN4O2S/c1-14-10-15(2)12-16(11-14)26(9-5-8-23)19(27)13-29-21-25-24-20(28-21)17-6-3-4-7-18(17)22/h3-4,6-7,10-12H,5,9,13H2,1-2H3. The number of aryl methyl sites for hydroxylation is 2. The first-order valence-electron chi connectivity index (χ1n) is 8.94. The number of carbonyl (C=O) groups excluding carboxylic acids is 1. The quantitative estimate of drug-likeness (QED) is 0.443. The fourth-order valence-electron chi connectivity index (χ4n) is 2.88. The van der Waals surface area contributed by atoms with Gasteiger partial charge in [0.05, 0.1) is 23.8 Å². The molecule has 148 valence electrons. The first-order valence-corrected chi connectivity index (χ1v) is 10.7. The largest absolute Gasteiger partial charge is 0.411 e. The summed E-state index contributed by atoms with van der Waals surface area (Å²) < 4.78 is 6.55. The third kappa shape index (κ3) is 5.46. The Morgan fingerprint density at radius 1 is 1.21 bits per heavy atom. The number of thioether (sulfide) groups is 1. The van der Waals surface area contributed by atoms with Crippen LogP contribution < -0.4 is 4.90 Å². The summed E-state index contributed by atoms with van der Waals surface area (Å²) in [6.07, 6.45) is 0.260. The Kier molecular flexibility index (Phi) is 7.07. The van der Waals surface area contributed by atoms with E-state index in [-0.39, 0.29) is 18.1 Å². The third-order valence-electron chi connectivity index (χ3n) is 4.10. The Morgan fingerprint density at radius 3 is 2.62 bits per heavy atom. The Hall–Kier alpha value is -2.63. The van der Waals surface area contributed by atoms with Crippen molar-refractivity contribution in [3.63, 3.8) is 0 Å². The molecule has 0 fully saturated rings. The number of nitrogens with zero attached hydrogens (tertiary/aromatic N) is 4. The molecule has 0 atom stereocenters. The van der Waals surface area contributed by atoms with Crippen LogP contribution in [0.25, 0.3) is 11.5 Å². The van der Waals surface area contributed by atoms with Crippen molar-refractivity contribution < 1.29 is 9.21 Å². The van der Waals surface area contributed by atoms with Crippen LogP contribution >= 0.6 is 27.7 Å².